The quantitative estimate of drug-likeness (QED) is 0.389. The molecule has 0 aliphatic rings. The third kappa shape index (κ3) is 6.17. The van der Waals surface area contributed by atoms with Crippen LogP contribution in [0.25, 0.3) is 0 Å². The highest BCUT2D eigenvalue weighted by molar-refractivity contribution is 7.99. The van der Waals surface area contributed by atoms with E-state index in [0.29, 0.717) is 34.9 Å². The Morgan fingerprint density at radius 3 is 2.53 bits per heavy atom. The van der Waals surface area contributed by atoms with Gasteiger partial charge in [-0.25, -0.2) is 0 Å². The van der Waals surface area contributed by atoms with Crippen molar-refractivity contribution in [1.82, 2.24) is 14.8 Å². The molecule has 0 fully saturated rings. The Kier molecular flexibility index (Phi) is 8.41. The molecule has 1 amide bonds. The van der Waals surface area contributed by atoms with Crippen LogP contribution in [0.3, 0.4) is 0 Å². The summed E-state index contributed by atoms with van der Waals surface area (Å²) in [4.78, 5) is 12.4. The van der Waals surface area contributed by atoms with Crippen molar-refractivity contribution >= 4 is 35.0 Å². The minimum atomic E-state index is -0.310. The molecule has 1 heterocycles. The molecule has 1 aromatic heterocycles. The second kappa shape index (κ2) is 11.2. The zero-order chi connectivity index (χ0) is 23.1. The van der Waals surface area contributed by atoms with E-state index in [-0.39, 0.29) is 17.8 Å². The minimum absolute atomic E-state index is 0.118. The number of nitrogens with zero attached hydrogens (tertiary/aromatic N) is 3. The number of hydrogen-bond acceptors (Lipinski definition) is 6. The van der Waals surface area contributed by atoms with Crippen molar-refractivity contribution in [2.45, 2.75) is 45.5 Å². The Morgan fingerprint density at radius 2 is 1.88 bits per heavy atom. The minimum Gasteiger partial charge on any atom is -0.494 e. The van der Waals surface area contributed by atoms with Gasteiger partial charge in [0.2, 0.25) is 5.91 Å². The number of nitrogens with one attached hydrogen (secondary N) is 1. The van der Waals surface area contributed by atoms with Crippen LogP contribution in [0, 0.1) is 6.92 Å². The molecule has 0 aliphatic carbocycles. The Morgan fingerprint density at radius 1 is 1.16 bits per heavy atom. The molecular formula is C23H27ClN4O3S. The molecule has 7 nitrogen and oxygen atoms in total. The fraction of sp³-hybridized carbons (Fsp3) is 0.348. The van der Waals surface area contributed by atoms with Gasteiger partial charge in [-0.1, -0.05) is 23.4 Å². The lowest BCUT2D eigenvalue weighted by atomic mass is 10.2. The summed E-state index contributed by atoms with van der Waals surface area (Å²) in [5.74, 6) is 2.29. The number of ether oxygens (including phenoxy) is 2. The zero-order valence-electron chi connectivity index (χ0n) is 18.6. The first-order valence-electron chi connectivity index (χ1n) is 10.4. The van der Waals surface area contributed by atoms with Crippen LogP contribution in [0.4, 0.5) is 5.69 Å². The number of aromatic nitrogens is 3. The fourth-order valence-corrected chi connectivity index (χ4v) is 4.01. The van der Waals surface area contributed by atoms with Gasteiger partial charge in [-0.2, -0.15) is 0 Å². The lowest BCUT2D eigenvalue weighted by Crippen LogP contribution is -2.15. The molecule has 0 spiro atoms. The number of aryl methyl sites for hydroxylation is 1. The van der Waals surface area contributed by atoms with Crippen molar-refractivity contribution in [3.8, 4) is 11.5 Å². The largest absolute Gasteiger partial charge is 0.494 e. The summed E-state index contributed by atoms with van der Waals surface area (Å²) in [6.45, 7) is 9.06. The number of carbonyl (C=O) groups is 1. The first-order chi connectivity index (χ1) is 15.4. The topological polar surface area (TPSA) is 78.3 Å². The van der Waals surface area contributed by atoms with Gasteiger partial charge in [-0.05, 0) is 75.7 Å². The normalized spacial score (nSPS) is 11.8. The number of hydrogen-bond donors (Lipinski definition) is 1. The Hall–Kier alpha value is -2.71. The summed E-state index contributed by atoms with van der Waals surface area (Å²) in [7, 11) is 0. The maximum absolute atomic E-state index is 12.4. The van der Waals surface area contributed by atoms with Gasteiger partial charge >= 0.3 is 0 Å². The number of halogens is 1. The molecule has 9 heteroatoms. The van der Waals surface area contributed by atoms with E-state index in [1.54, 1.807) is 0 Å². The van der Waals surface area contributed by atoms with Crippen LogP contribution in [-0.2, 0) is 11.3 Å². The smallest absolute Gasteiger partial charge is 0.234 e. The second-order valence-electron chi connectivity index (χ2n) is 7.05. The molecular weight excluding hydrogens is 448 g/mol. The van der Waals surface area contributed by atoms with Gasteiger partial charge in [0, 0.05) is 17.3 Å². The van der Waals surface area contributed by atoms with Gasteiger partial charge in [-0.3, -0.25) is 4.79 Å². The summed E-state index contributed by atoms with van der Waals surface area (Å²) in [6.07, 6.45) is -0.310. The van der Waals surface area contributed by atoms with Gasteiger partial charge in [0.05, 0.1) is 12.4 Å². The van der Waals surface area contributed by atoms with Crippen molar-refractivity contribution in [3.05, 3.63) is 58.9 Å². The van der Waals surface area contributed by atoms with E-state index in [0.717, 1.165) is 17.0 Å². The molecule has 2 aromatic carbocycles. The maximum atomic E-state index is 12.4. The third-order valence-electron chi connectivity index (χ3n) is 4.65. The number of rotatable bonds is 10. The average Bonchev–Trinajstić information content (AvgIpc) is 3.19. The number of thioether (sulfide) groups is 1. The highest BCUT2D eigenvalue weighted by Gasteiger charge is 2.19. The molecule has 0 bridgehead atoms. The second-order valence-corrected chi connectivity index (χ2v) is 8.40. The maximum Gasteiger partial charge on any atom is 0.234 e. The highest BCUT2D eigenvalue weighted by Crippen LogP contribution is 2.27. The van der Waals surface area contributed by atoms with Gasteiger partial charge in [0.15, 0.2) is 17.1 Å². The first-order valence-corrected chi connectivity index (χ1v) is 11.8. The van der Waals surface area contributed by atoms with Crippen LogP contribution in [0.1, 0.15) is 38.3 Å². The van der Waals surface area contributed by atoms with E-state index in [1.165, 1.54) is 11.8 Å². The highest BCUT2D eigenvalue weighted by atomic mass is 35.5. The Balaban J connectivity index is 1.60. The van der Waals surface area contributed by atoms with Crippen LogP contribution in [0.5, 0.6) is 11.5 Å². The molecule has 1 N–H and O–H groups in total. The van der Waals surface area contributed by atoms with Crippen LogP contribution >= 0.6 is 23.4 Å². The van der Waals surface area contributed by atoms with Gasteiger partial charge in [-0.15, -0.1) is 10.2 Å². The zero-order valence-corrected chi connectivity index (χ0v) is 20.2. The number of anilines is 1. The van der Waals surface area contributed by atoms with Gasteiger partial charge in [0.25, 0.3) is 0 Å². The van der Waals surface area contributed by atoms with Crippen molar-refractivity contribution < 1.29 is 14.3 Å². The van der Waals surface area contributed by atoms with Crippen molar-refractivity contribution in [2.24, 2.45) is 0 Å². The summed E-state index contributed by atoms with van der Waals surface area (Å²) in [6, 6.07) is 12.8. The average molecular weight is 475 g/mol. The van der Waals surface area contributed by atoms with Gasteiger partial charge in [0.1, 0.15) is 11.5 Å². The molecule has 32 heavy (non-hydrogen) atoms. The van der Waals surface area contributed by atoms with Crippen LogP contribution in [0.15, 0.2) is 47.6 Å². The van der Waals surface area contributed by atoms with Crippen molar-refractivity contribution in [1.29, 1.82) is 0 Å². The van der Waals surface area contributed by atoms with Crippen molar-refractivity contribution in [2.75, 3.05) is 17.7 Å². The fourth-order valence-electron chi connectivity index (χ4n) is 3.08. The van der Waals surface area contributed by atoms with Crippen molar-refractivity contribution in [3.63, 3.8) is 0 Å². The predicted octanol–water partition coefficient (Wildman–Crippen LogP) is 5.53. The molecule has 0 saturated heterocycles. The standard InChI is InChI=1S/C23H27ClN4O3S/c1-5-28-22(16(4)31-19-11-12-20(24)15(3)13-19)26-27-23(28)32-14-21(29)25-17-7-9-18(10-8-17)30-6-2/h7-13,16H,5-6,14H2,1-4H3,(H,25,29). The van der Waals surface area contributed by atoms with E-state index in [1.807, 2.05) is 74.7 Å². The van der Waals surface area contributed by atoms with Gasteiger partial charge < -0.3 is 19.4 Å². The predicted molar refractivity (Wildman–Crippen MR) is 128 cm³/mol. The van der Waals surface area contributed by atoms with E-state index < -0.39 is 0 Å². The van der Waals surface area contributed by atoms with E-state index in [9.17, 15) is 4.79 Å². The number of amides is 1. The van der Waals surface area contributed by atoms with E-state index in [2.05, 4.69) is 15.5 Å². The van der Waals surface area contributed by atoms with E-state index >= 15 is 0 Å². The Labute approximate surface area is 197 Å². The SMILES string of the molecule is CCOc1ccc(NC(=O)CSc2nnc(C(C)Oc3ccc(Cl)c(C)c3)n2CC)cc1. The molecule has 3 rings (SSSR count). The summed E-state index contributed by atoms with van der Waals surface area (Å²) in [5, 5.41) is 12.8. The van der Waals surface area contributed by atoms with Crippen LogP contribution in [0.2, 0.25) is 5.02 Å². The van der Waals surface area contributed by atoms with Crippen LogP contribution in [-0.4, -0.2) is 33.0 Å². The number of carbonyl (C=O) groups excluding carboxylic acids is 1. The summed E-state index contributed by atoms with van der Waals surface area (Å²) < 4.78 is 13.4. The summed E-state index contributed by atoms with van der Waals surface area (Å²) in [5.41, 5.74) is 1.67. The Bertz CT molecular complexity index is 1060. The molecule has 1 unspecified atom stereocenters. The van der Waals surface area contributed by atoms with Crippen LogP contribution < -0.4 is 14.8 Å². The lowest BCUT2D eigenvalue weighted by molar-refractivity contribution is -0.113. The molecule has 3 aromatic rings. The lowest BCUT2D eigenvalue weighted by Gasteiger charge is -2.16. The molecule has 0 radical (unpaired) electrons. The first kappa shape index (κ1) is 23.9. The number of benzene rings is 2. The monoisotopic (exact) mass is 474 g/mol. The molecule has 170 valence electrons. The molecule has 1 atom stereocenters. The third-order valence-corrected chi connectivity index (χ3v) is 6.04. The molecule has 0 aliphatic heterocycles. The summed E-state index contributed by atoms with van der Waals surface area (Å²) >= 11 is 7.43. The van der Waals surface area contributed by atoms with E-state index in [4.69, 9.17) is 21.1 Å². The molecule has 0 saturated carbocycles.